The van der Waals surface area contributed by atoms with E-state index < -0.39 is 0 Å². The standard InChI is InChI=1S/C20H30N6O/c1-24-11-5-4-6-18(24)9-10-21-20(27)17-7-8-19(22-13-17)25(2)14-16-12-23-26(3)15-16/h7-8,12-13,15,18H,4-6,9-11,14H2,1-3H3,(H,21,27). The van der Waals surface area contributed by atoms with E-state index >= 15 is 0 Å². The van der Waals surface area contributed by atoms with Gasteiger partial charge in [-0.25, -0.2) is 4.98 Å². The minimum atomic E-state index is -0.0533. The lowest BCUT2D eigenvalue weighted by Crippen LogP contribution is -2.39. The first-order chi connectivity index (χ1) is 13.0. The highest BCUT2D eigenvalue weighted by molar-refractivity contribution is 5.94. The highest BCUT2D eigenvalue weighted by Crippen LogP contribution is 2.17. The summed E-state index contributed by atoms with van der Waals surface area (Å²) in [6.45, 7) is 2.59. The second-order valence-electron chi connectivity index (χ2n) is 7.46. The summed E-state index contributed by atoms with van der Waals surface area (Å²) in [7, 11) is 6.06. The van der Waals surface area contributed by atoms with Crippen molar-refractivity contribution in [1.82, 2.24) is 25.0 Å². The van der Waals surface area contributed by atoms with Gasteiger partial charge in [-0.15, -0.1) is 0 Å². The molecule has 0 aliphatic carbocycles. The third kappa shape index (κ3) is 5.29. The van der Waals surface area contributed by atoms with Crippen LogP contribution in [-0.2, 0) is 13.6 Å². The van der Waals surface area contributed by atoms with Gasteiger partial charge in [-0.3, -0.25) is 9.48 Å². The number of likely N-dealkylation sites (tertiary alicyclic amines) is 1. The number of pyridine rings is 1. The van der Waals surface area contributed by atoms with Crippen LogP contribution < -0.4 is 10.2 Å². The molecular weight excluding hydrogens is 340 g/mol. The Morgan fingerprint density at radius 1 is 1.30 bits per heavy atom. The molecule has 146 valence electrons. The van der Waals surface area contributed by atoms with Crippen molar-refractivity contribution in [3.05, 3.63) is 41.9 Å². The number of aryl methyl sites for hydroxylation is 1. The van der Waals surface area contributed by atoms with Crippen molar-refractivity contribution in [2.24, 2.45) is 7.05 Å². The van der Waals surface area contributed by atoms with E-state index in [1.54, 1.807) is 10.9 Å². The number of hydrogen-bond acceptors (Lipinski definition) is 5. The van der Waals surface area contributed by atoms with Gasteiger partial charge in [0.25, 0.3) is 5.91 Å². The molecule has 0 bridgehead atoms. The minimum Gasteiger partial charge on any atom is -0.355 e. The fraction of sp³-hybridized carbons (Fsp3) is 0.550. The fourth-order valence-electron chi connectivity index (χ4n) is 3.62. The zero-order valence-electron chi connectivity index (χ0n) is 16.6. The Morgan fingerprint density at radius 2 is 2.15 bits per heavy atom. The molecule has 7 nitrogen and oxygen atoms in total. The number of piperidine rings is 1. The van der Waals surface area contributed by atoms with Gasteiger partial charge >= 0.3 is 0 Å². The van der Waals surface area contributed by atoms with E-state index in [2.05, 4.69) is 27.3 Å². The summed E-state index contributed by atoms with van der Waals surface area (Å²) in [6, 6.07) is 4.31. The molecule has 0 saturated carbocycles. The first kappa shape index (κ1) is 19.4. The summed E-state index contributed by atoms with van der Waals surface area (Å²) in [4.78, 5) is 21.2. The molecule has 0 radical (unpaired) electrons. The molecule has 0 spiro atoms. The van der Waals surface area contributed by atoms with Gasteiger partial charge in [-0.2, -0.15) is 5.10 Å². The molecule has 1 aliphatic rings. The molecule has 3 heterocycles. The fourth-order valence-corrected chi connectivity index (χ4v) is 3.62. The molecule has 2 aromatic heterocycles. The highest BCUT2D eigenvalue weighted by atomic mass is 16.1. The largest absolute Gasteiger partial charge is 0.355 e. The Morgan fingerprint density at radius 3 is 2.81 bits per heavy atom. The number of carbonyl (C=O) groups is 1. The molecular formula is C20H30N6O. The number of hydrogen-bond donors (Lipinski definition) is 1. The second kappa shape index (κ2) is 8.99. The maximum atomic E-state index is 12.4. The number of amides is 1. The van der Waals surface area contributed by atoms with Crippen molar-refractivity contribution < 1.29 is 4.79 Å². The van der Waals surface area contributed by atoms with Crippen molar-refractivity contribution in [2.75, 3.05) is 32.1 Å². The Hall–Kier alpha value is -2.41. The van der Waals surface area contributed by atoms with E-state index in [4.69, 9.17) is 0 Å². The molecule has 1 saturated heterocycles. The van der Waals surface area contributed by atoms with Crippen LogP contribution in [0, 0.1) is 0 Å². The van der Waals surface area contributed by atoms with Crippen molar-refractivity contribution in [1.29, 1.82) is 0 Å². The maximum Gasteiger partial charge on any atom is 0.252 e. The zero-order chi connectivity index (χ0) is 19.2. The lowest BCUT2D eigenvalue weighted by molar-refractivity contribution is 0.0945. The van der Waals surface area contributed by atoms with Gasteiger partial charge in [0.2, 0.25) is 0 Å². The number of nitrogens with zero attached hydrogens (tertiary/aromatic N) is 5. The van der Waals surface area contributed by atoms with Crippen LogP contribution in [0.25, 0.3) is 0 Å². The predicted octanol–water partition coefficient (Wildman–Crippen LogP) is 2.06. The molecule has 1 unspecified atom stereocenters. The number of nitrogens with one attached hydrogen (secondary N) is 1. The summed E-state index contributed by atoms with van der Waals surface area (Å²) in [5.41, 5.74) is 1.72. The van der Waals surface area contributed by atoms with Crippen LogP contribution in [0.3, 0.4) is 0 Å². The van der Waals surface area contributed by atoms with Crippen LogP contribution in [0.1, 0.15) is 41.6 Å². The zero-order valence-corrected chi connectivity index (χ0v) is 16.6. The average molecular weight is 371 g/mol. The van der Waals surface area contributed by atoms with Crippen LogP contribution in [0.2, 0.25) is 0 Å². The van der Waals surface area contributed by atoms with Gasteiger partial charge in [0.15, 0.2) is 0 Å². The van der Waals surface area contributed by atoms with Gasteiger partial charge in [-0.1, -0.05) is 6.42 Å². The summed E-state index contributed by atoms with van der Waals surface area (Å²) in [5.74, 6) is 0.779. The molecule has 7 heteroatoms. The van der Waals surface area contributed by atoms with Gasteiger partial charge in [0.1, 0.15) is 5.82 Å². The second-order valence-corrected chi connectivity index (χ2v) is 7.46. The first-order valence-corrected chi connectivity index (χ1v) is 9.66. The Labute approximate surface area is 161 Å². The summed E-state index contributed by atoms with van der Waals surface area (Å²) >= 11 is 0. The topological polar surface area (TPSA) is 66.3 Å². The number of rotatable bonds is 7. The Balaban J connectivity index is 1.48. The number of aromatic nitrogens is 3. The van der Waals surface area contributed by atoms with Crippen molar-refractivity contribution >= 4 is 11.7 Å². The van der Waals surface area contributed by atoms with Crippen LogP contribution in [0.15, 0.2) is 30.7 Å². The Kier molecular flexibility index (Phi) is 6.45. The number of carbonyl (C=O) groups excluding carboxylic acids is 1. The van der Waals surface area contributed by atoms with E-state index in [1.165, 1.54) is 19.3 Å². The van der Waals surface area contributed by atoms with Crippen LogP contribution in [0.5, 0.6) is 0 Å². The van der Waals surface area contributed by atoms with Crippen LogP contribution in [-0.4, -0.2) is 58.8 Å². The summed E-state index contributed by atoms with van der Waals surface area (Å²) < 4.78 is 1.79. The number of anilines is 1. The molecule has 0 aromatic carbocycles. The van der Waals surface area contributed by atoms with Crippen LogP contribution in [0.4, 0.5) is 5.82 Å². The molecule has 1 atom stereocenters. The van der Waals surface area contributed by atoms with E-state index in [0.29, 0.717) is 18.2 Å². The lowest BCUT2D eigenvalue weighted by Gasteiger charge is -2.32. The van der Waals surface area contributed by atoms with E-state index in [-0.39, 0.29) is 5.91 Å². The molecule has 2 aromatic rings. The normalized spacial score (nSPS) is 17.7. The molecule has 1 fully saturated rings. The van der Waals surface area contributed by atoms with Crippen molar-refractivity contribution in [3.63, 3.8) is 0 Å². The third-order valence-corrected chi connectivity index (χ3v) is 5.26. The van der Waals surface area contributed by atoms with Crippen molar-refractivity contribution in [2.45, 2.75) is 38.3 Å². The SMILES string of the molecule is CN(Cc1cnn(C)c1)c1ccc(C(=O)NCCC2CCCCN2C)cn1. The summed E-state index contributed by atoms with van der Waals surface area (Å²) in [6.07, 6.45) is 10.3. The smallest absolute Gasteiger partial charge is 0.252 e. The molecule has 1 aliphatic heterocycles. The quantitative estimate of drug-likeness (QED) is 0.808. The maximum absolute atomic E-state index is 12.4. The highest BCUT2D eigenvalue weighted by Gasteiger charge is 2.18. The summed E-state index contributed by atoms with van der Waals surface area (Å²) in [5, 5.41) is 7.21. The van der Waals surface area contributed by atoms with Gasteiger partial charge in [0.05, 0.1) is 11.8 Å². The van der Waals surface area contributed by atoms with Gasteiger partial charge in [-0.05, 0) is 45.0 Å². The molecule has 1 amide bonds. The molecule has 27 heavy (non-hydrogen) atoms. The monoisotopic (exact) mass is 370 g/mol. The Bertz CT molecular complexity index is 741. The van der Waals surface area contributed by atoms with E-state index in [0.717, 1.165) is 30.9 Å². The van der Waals surface area contributed by atoms with Gasteiger partial charge in [0, 0.05) is 51.2 Å². The average Bonchev–Trinajstić information content (AvgIpc) is 3.08. The van der Waals surface area contributed by atoms with E-state index in [1.807, 2.05) is 43.5 Å². The third-order valence-electron chi connectivity index (χ3n) is 5.26. The van der Waals surface area contributed by atoms with Gasteiger partial charge < -0.3 is 15.1 Å². The predicted molar refractivity (Wildman–Crippen MR) is 107 cm³/mol. The van der Waals surface area contributed by atoms with Crippen molar-refractivity contribution in [3.8, 4) is 0 Å². The lowest BCUT2D eigenvalue weighted by atomic mass is 10.0. The molecule has 1 N–H and O–H groups in total. The molecule has 3 rings (SSSR count). The first-order valence-electron chi connectivity index (χ1n) is 9.66. The van der Waals surface area contributed by atoms with E-state index in [9.17, 15) is 4.79 Å². The minimum absolute atomic E-state index is 0.0533. The van der Waals surface area contributed by atoms with Crippen LogP contribution >= 0.6 is 0 Å².